The van der Waals surface area contributed by atoms with Gasteiger partial charge in [-0.2, -0.15) is 11.8 Å². The van der Waals surface area contributed by atoms with Crippen molar-refractivity contribution in [2.75, 3.05) is 26.4 Å². The smallest absolute Gasteiger partial charge is 0.114 e. The first kappa shape index (κ1) is 13.5. The Morgan fingerprint density at radius 2 is 2.07 bits per heavy atom. The van der Waals surface area contributed by atoms with Crippen LogP contribution in [0.25, 0.3) is 0 Å². The lowest BCUT2D eigenvalue weighted by atomic mass is 10.5. The van der Waals surface area contributed by atoms with Gasteiger partial charge in [0, 0.05) is 12.3 Å². The molecule has 82 valence electrons. The highest BCUT2D eigenvalue weighted by Gasteiger charge is 1.96. The summed E-state index contributed by atoms with van der Waals surface area (Å²) in [7, 11) is 3.75. The molecular formula is C10H20N2OS. The van der Waals surface area contributed by atoms with E-state index in [1.165, 1.54) is 0 Å². The van der Waals surface area contributed by atoms with Crippen LogP contribution in [0.5, 0.6) is 0 Å². The Kier molecular flexibility index (Phi) is 8.83. The van der Waals surface area contributed by atoms with Crippen molar-refractivity contribution in [3.63, 3.8) is 0 Å². The molecule has 4 heteroatoms. The van der Waals surface area contributed by atoms with E-state index in [0.29, 0.717) is 0 Å². The van der Waals surface area contributed by atoms with Crippen molar-refractivity contribution in [2.45, 2.75) is 12.7 Å². The number of nitrogens with one attached hydrogen (secondary N) is 1. The number of rotatable bonds is 4. The predicted molar refractivity (Wildman–Crippen MR) is 63.6 cm³/mol. The van der Waals surface area contributed by atoms with Crippen LogP contribution < -0.4 is 11.1 Å². The Hall–Kier alpha value is -0.450. The van der Waals surface area contributed by atoms with Gasteiger partial charge in [0.1, 0.15) is 11.5 Å². The van der Waals surface area contributed by atoms with E-state index in [1.54, 1.807) is 11.8 Å². The number of hydrogen-bond donors (Lipinski definition) is 2. The van der Waals surface area contributed by atoms with Crippen LogP contribution >= 0.6 is 11.8 Å². The fourth-order valence-electron chi connectivity index (χ4n) is 0.819. The molecule has 0 bridgehead atoms. The predicted octanol–water partition coefficient (Wildman–Crippen LogP) is 1.62. The van der Waals surface area contributed by atoms with Gasteiger partial charge in [-0.05, 0) is 33.2 Å². The summed E-state index contributed by atoms with van der Waals surface area (Å²) in [4.78, 5) is 0. The second-order valence-corrected chi connectivity index (χ2v) is 3.96. The van der Waals surface area contributed by atoms with Crippen LogP contribution in [-0.4, -0.2) is 26.4 Å². The van der Waals surface area contributed by atoms with E-state index in [4.69, 9.17) is 10.2 Å². The van der Waals surface area contributed by atoms with Gasteiger partial charge in [-0.25, -0.2) is 0 Å². The minimum Gasteiger partial charge on any atom is -0.466 e. The third kappa shape index (κ3) is 7.00. The highest BCUT2D eigenvalue weighted by atomic mass is 32.2. The van der Waals surface area contributed by atoms with E-state index in [1.807, 2.05) is 33.2 Å². The topological polar surface area (TPSA) is 51.2 Å². The standard InChI is InChI=1S/C8H13NOS.C2H7N/c1-7-2-3-8(10-7)6-11-5-4-9;1-3-2/h2-3H,4-6,9H2,1H3;3H,1-2H3. The molecule has 0 aromatic carbocycles. The third-order valence-electron chi connectivity index (χ3n) is 1.30. The van der Waals surface area contributed by atoms with E-state index in [0.717, 1.165) is 29.6 Å². The first-order valence-corrected chi connectivity index (χ1v) is 5.81. The molecule has 3 N–H and O–H groups in total. The Balaban J connectivity index is 0.000000500. The van der Waals surface area contributed by atoms with E-state index < -0.39 is 0 Å². The number of thioether (sulfide) groups is 1. The normalized spacial score (nSPS) is 9.43. The molecule has 0 atom stereocenters. The van der Waals surface area contributed by atoms with Crippen LogP contribution in [0.3, 0.4) is 0 Å². The minimum absolute atomic E-state index is 0.740. The van der Waals surface area contributed by atoms with Crippen molar-refractivity contribution in [1.29, 1.82) is 0 Å². The van der Waals surface area contributed by atoms with Crippen LogP contribution in [0.1, 0.15) is 11.5 Å². The maximum Gasteiger partial charge on any atom is 0.114 e. The third-order valence-corrected chi connectivity index (χ3v) is 2.32. The van der Waals surface area contributed by atoms with Crippen molar-refractivity contribution in [3.8, 4) is 0 Å². The molecule has 0 saturated heterocycles. The Labute approximate surface area is 90.4 Å². The van der Waals surface area contributed by atoms with Gasteiger partial charge in [-0.15, -0.1) is 0 Å². The summed E-state index contributed by atoms with van der Waals surface area (Å²) >= 11 is 1.80. The number of nitrogens with two attached hydrogens (primary N) is 1. The van der Waals surface area contributed by atoms with Crippen LogP contribution in [0.4, 0.5) is 0 Å². The molecule has 0 aliphatic rings. The molecular weight excluding hydrogens is 196 g/mol. The molecule has 0 unspecified atom stereocenters. The number of aryl methyl sites for hydroxylation is 1. The van der Waals surface area contributed by atoms with Gasteiger partial charge in [0.2, 0.25) is 0 Å². The van der Waals surface area contributed by atoms with Gasteiger partial charge in [-0.3, -0.25) is 0 Å². The SMILES string of the molecule is CNC.Cc1ccc(CSCCN)o1. The minimum atomic E-state index is 0.740. The number of furan rings is 1. The largest absolute Gasteiger partial charge is 0.466 e. The lowest BCUT2D eigenvalue weighted by molar-refractivity contribution is 0.501. The summed E-state index contributed by atoms with van der Waals surface area (Å²) in [6, 6.07) is 4.00. The lowest BCUT2D eigenvalue weighted by Gasteiger charge is -1.94. The summed E-state index contributed by atoms with van der Waals surface area (Å²) in [5.41, 5.74) is 5.35. The molecule has 0 spiro atoms. The molecule has 1 aromatic rings. The molecule has 1 aromatic heterocycles. The van der Waals surface area contributed by atoms with E-state index in [9.17, 15) is 0 Å². The van der Waals surface area contributed by atoms with Gasteiger partial charge >= 0.3 is 0 Å². The Morgan fingerprint density at radius 3 is 2.50 bits per heavy atom. The fourth-order valence-corrected chi connectivity index (χ4v) is 1.49. The summed E-state index contributed by atoms with van der Waals surface area (Å²) in [6.45, 7) is 2.70. The second-order valence-electron chi connectivity index (χ2n) is 2.85. The second kappa shape index (κ2) is 9.12. The molecule has 1 rings (SSSR count). The van der Waals surface area contributed by atoms with Gasteiger partial charge in [0.05, 0.1) is 5.75 Å². The summed E-state index contributed by atoms with van der Waals surface area (Å²) in [5.74, 6) is 3.96. The summed E-state index contributed by atoms with van der Waals surface area (Å²) in [5, 5.41) is 2.75. The number of hydrogen-bond acceptors (Lipinski definition) is 4. The van der Waals surface area contributed by atoms with Crippen LogP contribution in [0.15, 0.2) is 16.5 Å². The van der Waals surface area contributed by atoms with Crippen molar-refractivity contribution in [2.24, 2.45) is 5.73 Å². The monoisotopic (exact) mass is 216 g/mol. The van der Waals surface area contributed by atoms with Crippen LogP contribution in [-0.2, 0) is 5.75 Å². The summed E-state index contributed by atoms with van der Waals surface area (Å²) < 4.78 is 5.37. The zero-order valence-electron chi connectivity index (χ0n) is 9.17. The Morgan fingerprint density at radius 1 is 1.43 bits per heavy atom. The summed E-state index contributed by atoms with van der Waals surface area (Å²) in [6.07, 6.45) is 0. The average Bonchev–Trinajstić information content (AvgIpc) is 2.53. The highest BCUT2D eigenvalue weighted by Crippen LogP contribution is 2.13. The molecule has 0 radical (unpaired) electrons. The maximum absolute atomic E-state index is 5.37. The van der Waals surface area contributed by atoms with Crippen molar-refractivity contribution in [1.82, 2.24) is 5.32 Å². The zero-order valence-corrected chi connectivity index (χ0v) is 9.99. The molecule has 0 fully saturated rings. The molecule has 14 heavy (non-hydrogen) atoms. The molecule has 3 nitrogen and oxygen atoms in total. The first-order valence-electron chi connectivity index (χ1n) is 4.66. The quantitative estimate of drug-likeness (QED) is 0.751. The van der Waals surface area contributed by atoms with Crippen molar-refractivity contribution in [3.05, 3.63) is 23.7 Å². The van der Waals surface area contributed by atoms with E-state index in [2.05, 4.69) is 5.32 Å². The fraction of sp³-hybridized carbons (Fsp3) is 0.600. The van der Waals surface area contributed by atoms with Gasteiger partial charge in [0.15, 0.2) is 0 Å². The molecule has 0 aliphatic heterocycles. The lowest BCUT2D eigenvalue weighted by Crippen LogP contribution is -2.01. The molecule has 1 heterocycles. The first-order chi connectivity index (χ1) is 6.74. The molecule has 0 amide bonds. The van der Waals surface area contributed by atoms with Gasteiger partial charge in [-0.1, -0.05) is 0 Å². The highest BCUT2D eigenvalue weighted by molar-refractivity contribution is 7.98. The van der Waals surface area contributed by atoms with Gasteiger partial charge in [0.25, 0.3) is 0 Å². The zero-order chi connectivity index (χ0) is 10.8. The maximum atomic E-state index is 5.37. The van der Waals surface area contributed by atoms with Crippen molar-refractivity contribution >= 4 is 11.8 Å². The van der Waals surface area contributed by atoms with Crippen molar-refractivity contribution < 1.29 is 4.42 Å². The van der Waals surface area contributed by atoms with E-state index >= 15 is 0 Å². The Bertz CT molecular complexity index is 226. The van der Waals surface area contributed by atoms with Gasteiger partial charge < -0.3 is 15.5 Å². The van der Waals surface area contributed by atoms with Crippen LogP contribution in [0.2, 0.25) is 0 Å². The average molecular weight is 216 g/mol. The molecule has 0 aliphatic carbocycles. The molecule has 0 saturated carbocycles. The van der Waals surface area contributed by atoms with Crippen LogP contribution in [0, 0.1) is 6.92 Å². The van der Waals surface area contributed by atoms with E-state index in [-0.39, 0.29) is 0 Å².